The van der Waals surface area contributed by atoms with Gasteiger partial charge in [0.25, 0.3) is 0 Å². The third-order valence-electron chi connectivity index (χ3n) is 3.73. The highest BCUT2D eigenvalue weighted by Gasteiger charge is 2.40. The van der Waals surface area contributed by atoms with E-state index in [2.05, 4.69) is 5.32 Å². The highest BCUT2D eigenvalue weighted by atomic mass is 16.6. The number of aliphatic hydroxyl groups is 1. The molecule has 5 nitrogen and oxygen atoms in total. The molecule has 0 spiro atoms. The lowest BCUT2D eigenvalue weighted by Gasteiger charge is -2.43. The van der Waals surface area contributed by atoms with Gasteiger partial charge in [-0.1, -0.05) is 0 Å². The Morgan fingerprint density at radius 3 is 2.79 bits per heavy atom. The average molecular weight is 268 g/mol. The number of fused-ring (bicyclic) bond motifs is 1. The number of aliphatic hydroxyl groups excluding tert-OH is 1. The number of carbonyl (C=O) groups is 1. The van der Waals surface area contributed by atoms with Crippen molar-refractivity contribution in [3.63, 3.8) is 0 Å². The minimum atomic E-state index is -0.465. The van der Waals surface area contributed by atoms with Crippen LogP contribution < -0.4 is 5.32 Å². The van der Waals surface area contributed by atoms with Gasteiger partial charge < -0.3 is 20.1 Å². The van der Waals surface area contributed by atoms with Gasteiger partial charge in [0.05, 0.1) is 6.10 Å². The van der Waals surface area contributed by atoms with Gasteiger partial charge in [-0.05, 0) is 33.6 Å². The van der Waals surface area contributed by atoms with Crippen molar-refractivity contribution in [2.24, 2.45) is 5.92 Å². The summed E-state index contributed by atoms with van der Waals surface area (Å²) in [7, 11) is 1.90. The van der Waals surface area contributed by atoms with Crippen molar-refractivity contribution < 1.29 is 14.6 Å². The summed E-state index contributed by atoms with van der Waals surface area (Å²) in [5.41, 5.74) is 0.536. The first kappa shape index (κ1) is 14.2. The number of esters is 1. The Morgan fingerprint density at radius 1 is 1.47 bits per heavy atom. The number of ether oxygens (including phenoxy) is 1. The minimum absolute atomic E-state index is 0.130. The van der Waals surface area contributed by atoms with Crippen molar-refractivity contribution in [1.29, 1.82) is 0 Å². The molecule has 1 fully saturated rings. The maximum Gasteiger partial charge on any atom is 0.329 e. The van der Waals surface area contributed by atoms with Gasteiger partial charge in [0.1, 0.15) is 11.6 Å². The Bertz CT molecular complexity index is 387. The number of hydrogen-bond donors (Lipinski definition) is 2. The van der Waals surface area contributed by atoms with E-state index in [1.165, 1.54) is 0 Å². The Labute approximate surface area is 114 Å². The zero-order valence-electron chi connectivity index (χ0n) is 12.1. The zero-order valence-corrected chi connectivity index (χ0v) is 12.1. The SMILES string of the molecule is CN1C2=CNCC(O)C2CCC1C(=O)OC(C)(C)C. The van der Waals surface area contributed by atoms with E-state index in [9.17, 15) is 9.90 Å². The fourth-order valence-corrected chi connectivity index (χ4v) is 2.79. The Hall–Kier alpha value is -1.23. The molecule has 0 aromatic heterocycles. The topological polar surface area (TPSA) is 61.8 Å². The summed E-state index contributed by atoms with van der Waals surface area (Å²) in [6, 6.07) is -0.256. The predicted molar refractivity (Wildman–Crippen MR) is 72.2 cm³/mol. The van der Waals surface area contributed by atoms with Gasteiger partial charge in [-0.15, -0.1) is 0 Å². The summed E-state index contributed by atoms with van der Waals surface area (Å²) in [6.45, 7) is 6.21. The van der Waals surface area contributed by atoms with Crippen LogP contribution in [0.1, 0.15) is 33.6 Å². The Kier molecular flexibility index (Phi) is 3.76. The fraction of sp³-hybridized carbons (Fsp3) is 0.786. The maximum absolute atomic E-state index is 12.2. The highest BCUT2D eigenvalue weighted by Crippen LogP contribution is 2.34. The molecule has 2 heterocycles. The lowest BCUT2D eigenvalue weighted by Crippen LogP contribution is -2.51. The molecule has 2 N–H and O–H groups in total. The fourth-order valence-electron chi connectivity index (χ4n) is 2.79. The zero-order chi connectivity index (χ0) is 14.2. The van der Waals surface area contributed by atoms with Crippen LogP contribution in [-0.4, -0.2) is 47.3 Å². The van der Waals surface area contributed by atoms with E-state index < -0.39 is 5.60 Å². The van der Waals surface area contributed by atoms with Crippen LogP contribution in [0, 0.1) is 5.92 Å². The molecule has 0 saturated carbocycles. The van der Waals surface area contributed by atoms with E-state index in [1.54, 1.807) is 0 Å². The van der Waals surface area contributed by atoms with Crippen molar-refractivity contribution in [2.75, 3.05) is 13.6 Å². The molecule has 3 unspecified atom stereocenters. The van der Waals surface area contributed by atoms with Crippen LogP contribution in [0.25, 0.3) is 0 Å². The second kappa shape index (κ2) is 5.04. The molecule has 2 rings (SSSR count). The van der Waals surface area contributed by atoms with E-state index in [-0.39, 0.29) is 24.0 Å². The summed E-state index contributed by atoms with van der Waals surface area (Å²) in [6.07, 6.45) is 3.09. The maximum atomic E-state index is 12.2. The molecule has 0 bridgehead atoms. The van der Waals surface area contributed by atoms with Crippen molar-refractivity contribution in [2.45, 2.75) is 51.4 Å². The summed E-state index contributed by atoms with van der Waals surface area (Å²) in [4.78, 5) is 14.1. The number of nitrogens with one attached hydrogen (secondary N) is 1. The van der Waals surface area contributed by atoms with E-state index in [4.69, 9.17) is 4.74 Å². The largest absolute Gasteiger partial charge is 0.458 e. The number of likely N-dealkylation sites (tertiary alicyclic amines) is 1. The van der Waals surface area contributed by atoms with E-state index in [0.717, 1.165) is 18.5 Å². The molecule has 5 heteroatoms. The van der Waals surface area contributed by atoms with Gasteiger partial charge >= 0.3 is 5.97 Å². The van der Waals surface area contributed by atoms with E-state index in [1.807, 2.05) is 38.9 Å². The number of β-amino-alcohol motifs (C(OH)–C–C–N with tert-alkyl or cyclic N) is 1. The van der Waals surface area contributed by atoms with Gasteiger partial charge in [-0.2, -0.15) is 0 Å². The second-order valence-electron chi connectivity index (χ2n) is 6.39. The van der Waals surface area contributed by atoms with Crippen LogP contribution >= 0.6 is 0 Å². The molecule has 0 aromatic carbocycles. The molecule has 0 radical (unpaired) electrons. The second-order valence-corrected chi connectivity index (χ2v) is 6.39. The number of piperidine rings is 1. The van der Waals surface area contributed by atoms with E-state index >= 15 is 0 Å². The third kappa shape index (κ3) is 3.03. The first-order valence-corrected chi connectivity index (χ1v) is 6.87. The van der Waals surface area contributed by atoms with Crippen LogP contribution in [0.2, 0.25) is 0 Å². The number of hydrogen-bond acceptors (Lipinski definition) is 5. The van der Waals surface area contributed by atoms with Crippen molar-refractivity contribution in [1.82, 2.24) is 10.2 Å². The first-order chi connectivity index (χ1) is 8.79. The molecule has 0 aliphatic carbocycles. The molecule has 1 saturated heterocycles. The standard InChI is InChI=1S/C14H24N2O3/c1-14(2,3)19-13(18)10-6-5-9-11(16(10)4)7-15-8-12(9)17/h7,9-10,12,15,17H,5-6,8H2,1-4H3. The molecule has 108 valence electrons. The number of carbonyl (C=O) groups excluding carboxylic acids is 1. The molecule has 0 amide bonds. The normalized spacial score (nSPS) is 31.1. The van der Waals surface area contributed by atoms with Crippen molar-refractivity contribution in [3.05, 3.63) is 11.9 Å². The Balaban J connectivity index is 2.10. The Morgan fingerprint density at radius 2 is 2.16 bits per heavy atom. The quantitative estimate of drug-likeness (QED) is 0.690. The first-order valence-electron chi connectivity index (χ1n) is 6.87. The molecular formula is C14H24N2O3. The van der Waals surface area contributed by atoms with Crippen LogP contribution in [0.4, 0.5) is 0 Å². The average Bonchev–Trinajstić information content (AvgIpc) is 2.28. The van der Waals surface area contributed by atoms with Crippen molar-refractivity contribution >= 4 is 5.97 Å². The molecule has 0 aromatic rings. The van der Waals surface area contributed by atoms with Crippen LogP contribution in [0.15, 0.2) is 11.9 Å². The highest BCUT2D eigenvalue weighted by molar-refractivity contribution is 5.76. The lowest BCUT2D eigenvalue weighted by atomic mass is 9.84. The van der Waals surface area contributed by atoms with Gasteiger partial charge in [0.15, 0.2) is 0 Å². The number of likely N-dealkylation sites (N-methyl/N-ethyl adjacent to an activating group) is 1. The van der Waals surface area contributed by atoms with Gasteiger partial charge in [-0.3, -0.25) is 0 Å². The van der Waals surface area contributed by atoms with Crippen molar-refractivity contribution in [3.8, 4) is 0 Å². The third-order valence-corrected chi connectivity index (χ3v) is 3.73. The molecule has 2 aliphatic heterocycles. The van der Waals surface area contributed by atoms with Crippen LogP contribution in [0.3, 0.4) is 0 Å². The number of nitrogens with zero attached hydrogens (tertiary/aromatic N) is 1. The summed E-state index contributed by atoms with van der Waals surface area (Å²) < 4.78 is 5.46. The monoisotopic (exact) mass is 268 g/mol. The van der Waals surface area contributed by atoms with Crippen LogP contribution in [-0.2, 0) is 9.53 Å². The smallest absolute Gasteiger partial charge is 0.329 e. The summed E-state index contributed by atoms with van der Waals surface area (Å²) >= 11 is 0. The molecule has 3 atom stereocenters. The molecule has 2 aliphatic rings. The predicted octanol–water partition coefficient (Wildman–Crippen LogP) is 0.844. The summed E-state index contributed by atoms with van der Waals surface area (Å²) in [5, 5.41) is 13.1. The summed E-state index contributed by atoms with van der Waals surface area (Å²) in [5.74, 6) is -0.0562. The van der Waals surface area contributed by atoms with Gasteiger partial charge in [0, 0.05) is 31.4 Å². The lowest BCUT2D eigenvalue weighted by molar-refractivity contribution is -0.162. The molecule has 19 heavy (non-hydrogen) atoms. The van der Waals surface area contributed by atoms with Gasteiger partial charge in [-0.25, -0.2) is 4.79 Å². The number of rotatable bonds is 1. The minimum Gasteiger partial charge on any atom is -0.458 e. The van der Waals surface area contributed by atoms with E-state index in [0.29, 0.717) is 6.54 Å². The molecular weight excluding hydrogens is 244 g/mol. The van der Waals surface area contributed by atoms with Crippen LogP contribution in [0.5, 0.6) is 0 Å². The van der Waals surface area contributed by atoms with Gasteiger partial charge in [0.2, 0.25) is 0 Å².